The second-order valence-corrected chi connectivity index (χ2v) is 6.12. The number of aryl methyl sites for hydroxylation is 1. The molecular weight excluding hydrogens is 252 g/mol. The summed E-state index contributed by atoms with van der Waals surface area (Å²) in [6.07, 6.45) is 1.11. The Kier molecular flexibility index (Phi) is 2.50. The van der Waals surface area contributed by atoms with E-state index in [0.717, 1.165) is 13.0 Å². The van der Waals surface area contributed by atoms with Crippen LogP contribution in [0.4, 0.5) is 0 Å². The van der Waals surface area contributed by atoms with Crippen molar-refractivity contribution >= 4 is 22.2 Å². The molecule has 2 aromatic heterocycles. The van der Waals surface area contributed by atoms with Crippen LogP contribution >= 0.6 is 11.3 Å². The van der Waals surface area contributed by atoms with Gasteiger partial charge in [0, 0.05) is 28.0 Å². The highest BCUT2D eigenvalue weighted by Gasteiger charge is 2.26. The minimum Gasteiger partial charge on any atom is -0.357 e. The normalized spacial score (nSPS) is 18.7. The monoisotopic (exact) mass is 268 g/mol. The fraction of sp³-hybridized carbons (Fsp3) is 0.250. The van der Waals surface area contributed by atoms with Crippen molar-refractivity contribution in [1.82, 2.24) is 10.3 Å². The Labute approximate surface area is 116 Å². The standard InChI is InChI=1S/C16H16N2S/c1-10-7-9-19-16(10)15-14-12(6-8-17-15)11-4-2-3-5-13(11)18-14/h2-5,7,9,15,17-18H,6,8H2,1H3. The van der Waals surface area contributed by atoms with Gasteiger partial charge >= 0.3 is 0 Å². The van der Waals surface area contributed by atoms with E-state index in [1.54, 1.807) is 0 Å². The number of H-pyrrole nitrogens is 1. The van der Waals surface area contributed by atoms with E-state index < -0.39 is 0 Å². The zero-order valence-electron chi connectivity index (χ0n) is 10.9. The lowest BCUT2D eigenvalue weighted by atomic mass is 9.97. The van der Waals surface area contributed by atoms with Crippen LogP contribution in [0.2, 0.25) is 0 Å². The summed E-state index contributed by atoms with van der Waals surface area (Å²) >= 11 is 1.85. The molecule has 4 rings (SSSR count). The van der Waals surface area contributed by atoms with E-state index in [4.69, 9.17) is 0 Å². The summed E-state index contributed by atoms with van der Waals surface area (Å²) in [5, 5.41) is 7.23. The first-order chi connectivity index (χ1) is 9.34. The molecular formula is C16H16N2S. The molecule has 0 fully saturated rings. The predicted molar refractivity (Wildman–Crippen MR) is 80.9 cm³/mol. The number of aromatic nitrogens is 1. The van der Waals surface area contributed by atoms with Crippen molar-refractivity contribution in [2.75, 3.05) is 6.54 Å². The minimum absolute atomic E-state index is 0.330. The summed E-state index contributed by atoms with van der Waals surface area (Å²) < 4.78 is 0. The van der Waals surface area contributed by atoms with E-state index in [1.165, 1.54) is 32.6 Å². The summed E-state index contributed by atoms with van der Waals surface area (Å²) in [4.78, 5) is 5.06. The first kappa shape index (κ1) is 11.3. The van der Waals surface area contributed by atoms with Gasteiger partial charge in [-0.15, -0.1) is 11.3 Å². The van der Waals surface area contributed by atoms with E-state index >= 15 is 0 Å². The van der Waals surface area contributed by atoms with Crippen molar-refractivity contribution in [2.24, 2.45) is 0 Å². The van der Waals surface area contributed by atoms with E-state index in [9.17, 15) is 0 Å². The zero-order chi connectivity index (χ0) is 12.8. The van der Waals surface area contributed by atoms with Crippen LogP contribution in [0, 0.1) is 6.92 Å². The quantitative estimate of drug-likeness (QED) is 0.691. The molecule has 0 bridgehead atoms. The lowest BCUT2D eigenvalue weighted by molar-refractivity contribution is 0.565. The minimum atomic E-state index is 0.330. The first-order valence-corrected chi connectivity index (χ1v) is 7.59. The van der Waals surface area contributed by atoms with Crippen molar-refractivity contribution < 1.29 is 0 Å². The van der Waals surface area contributed by atoms with E-state index in [0.29, 0.717) is 6.04 Å². The molecule has 1 aliphatic heterocycles. The topological polar surface area (TPSA) is 27.8 Å². The molecule has 19 heavy (non-hydrogen) atoms. The maximum atomic E-state index is 3.66. The first-order valence-electron chi connectivity index (χ1n) is 6.71. The van der Waals surface area contributed by atoms with Gasteiger partial charge in [0.25, 0.3) is 0 Å². The number of thiophene rings is 1. The van der Waals surface area contributed by atoms with Crippen LogP contribution < -0.4 is 5.32 Å². The molecule has 1 aliphatic rings. The molecule has 2 N–H and O–H groups in total. The van der Waals surface area contributed by atoms with Crippen LogP contribution in [0.3, 0.4) is 0 Å². The van der Waals surface area contributed by atoms with Crippen LogP contribution in [-0.4, -0.2) is 11.5 Å². The number of hydrogen-bond donors (Lipinski definition) is 2. The molecule has 0 spiro atoms. The van der Waals surface area contributed by atoms with Gasteiger partial charge in [0.2, 0.25) is 0 Å². The molecule has 96 valence electrons. The average Bonchev–Trinajstić information content (AvgIpc) is 3.02. The predicted octanol–water partition coefficient (Wildman–Crippen LogP) is 3.77. The SMILES string of the molecule is Cc1ccsc1C1NCCc2c1[nH]c1ccccc21. The molecule has 0 saturated carbocycles. The average molecular weight is 268 g/mol. The fourth-order valence-electron chi connectivity index (χ4n) is 3.08. The van der Waals surface area contributed by atoms with Gasteiger partial charge in [0.15, 0.2) is 0 Å². The molecule has 2 nitrogen and oxygen atoms in total. The molecule has 0 amide bonds. The fourth-order valence-corrected chi connectivity index (χ4v) is 4.09. The van der Waals surface area contributed by atoms with Crippen molar-refractivity contribution in [1.29, 1.82) is 0 Å². The molecule has 1 unspecified atom stereocenters. The smallest absolute Gasteiger partial charge is 0.0828 e. The summed E-state index contributed by atoms with van der Waals surface area (Å²) in [6, 6.07) is 11.2. The van der Waals surface area contributed by atoms with E-state index in [-0.39, 0.29) is 0 Å². The van der Waals surface area contributed by atoms with Gasteiger partial charge in [0.1, 0.15) is 0 Å². The van der Waals surface area contributed by atoms with Gasteiger partial charge in [-0.3, -0.25) is 0 Å². The summed E-state index contributed by atoms with van der Waals surface area (Å²) in [5.41, 5.74) is 5.49. The van der Waals surface area contributed by atoms with Crippen LogP contribution in [0.5, 0.6) is 0 Å². The Hall–Kier alpha value is -1.58. The largest absolute Gasteiger partial charge is 0.357 e. The van der Waals surface area contributed by atoms with Crippen LogP contribution in [-0.2, 0) is 6.42 Å². The maximum Gasteiger partial charge on any atom is 0.0828 e. The van der Waals surface area contributed by atoms with Crippen molar-refractivity contribution in [3.63, 3.8) is 0 Å². The van der Waals surface area contributed by atoms with Gasteiger partial charge in [-0.25, -0.2) is 0 Å². The van der Waals surface area contributed by atoms with Crippen molar-refractivity contribution in [3.8, 4) is 0 Å². The molecule has 3 aromatic rings. The second kappa shape index (κ2) is 4.22. The van der Waals surface area contributed by atoms with Crippen molar-refractivity contribution in [2.45, 2.75) is 19.4 Å². The van der Waals surface area contributed by atoms with Crippen LogP contribution in [0.1, 0.15) is 27.7 Å². The van der Waals surface area contributed by atoms with E-state index in [2.05, 4.69) is 52.9 Å². The summed E-state index contributed by atoms with van der Waals surface area (Å²) in [6.45, 7) is 3.25. The second-order valence-electron chi connectivity index (χ2n) is 5.17. The summed E-state index contributed by atoms with van der Waals surface area (Å²) in [5.74, 6) is 0. The highest BCUT2D eigenvalue weighted by atomic mass is 32.1. The highest BCUT2D eigenvalue weighted by molar-refractivity contribution is 7.10. The Balaban J connectivity index is 1.93. The number of benzene rings is 1. The third-order valence-corrected chi connectivity index (χ3v) is 5.11. The Bertz CT molecular complexity index is 738. The van der Waals surface area contributed by atoms with Gasteiger partial charge < -0.3 is 10.3 Å². The van der Waals surface area contributed by atoms with Crippen molar-refractivity contribution in [3.05, 3.63) is 57.4 Å². The van der Waals surface area contributed by atoms with E-state index in [1.807, 2.05) is 11.3 Å². The molecule has 1 atom stereocenters. The molecule has 0 saturated heterocycles. The molecule has 0 radical (unpaired) electrons. The molecule has 3 heterocycles. The number of fused-ring (bicyclic) bond motifs is 3. The summed E-state index contributed by atoms with van der Waals surface area (Å²) in [7, 11) is 0. The lowest BCUT2D eigenvalue weighted by Crippen LogP contribution is -2.30. The Morgan fingerprint density at radius 3 is 2.95 bits per heavy atom. The third-order valence-electron chi connectivity index (χ3n) is 4.02. The van der Waals surface area contributed by atoms with Gasteiger partial charge in [-0.2, -0.15) is 0 Å². The van der Waals surface area contributed by atoms with Gasteiger partial charge in [0.05, 0.1) is 6.04 Å². The van der Waals surface area contributed by atoms with Crippen LogP contribution in [0.25, 0.3) is 10.9 Å². The molecule has 1 aromatic carbocycles. The number of hydrogen-bond acceptors (Lipinski definition) is 2. The number of para-hydroxylation sites is 1. The van der Waals surface area contributed by atoms with Gasteiger partial charge in [-0.05, 0) is 42.0 Å². The molecule has 0 aliphatic carbocycles. The third kappa shape index (κ3) is 1.66. The number of aromatic amines is 1. The lowest BCUT2D eigenvalue weighted by Gasteiger charge is -2.24. The highest BCUT2D eigenvalue weighted by Crippen LogP contribution is 2.36. The van der Waals surface area contributed by atoms with Gasteiger partial charge in [-0.1, -0.05) is 18.2 Å². The number of rotatable bonds is 1. The molecule has 3 heteroatoms. The zero-order valence-corrected chi connectivity index (χ0v) is 11.7. The van der Waals surface area contributed by atoms with Crippen LogP contribution in [0.15, 0.2) is 35.7 Å². The Morgan fingerprint density at radius 1 is 1.21 bits per heavy atom. The maximum absolute atomic E-state index is 3.66. The number of nitrogens with one attached hydrogen (secondary N) is 2. The Morgan fingerprint density at radius 2 is 2.11 bits per heavy atom.